The number of H-pyrrole nitrogens is 1. The minimum absolute atomic E-state index is 0.106. The van der Waals surface area contributed by atoms with Crippen molar-refractivity contribution in [2.24, 2.45) is 0 Å². The van der Waals surface area contributed by atoms with Crippen LogP contribution in [0.4, 0.5) is 0 Å². The Labute approximate surface area is 83.0 Å². The summed E-state index contributed by atoms with van der Waals surface area (Å²) in [5, 5.41) is 6.11. The van der Waals surface area contributed by atoms with E-state index in [1.165, 1.54) is 12.4 Å². The highest BCUT2D eigenvalue weighted by Crippen LogP contribution is 2.19. The van der Waals surface area contributed by atoms with Crippen LogP contribution in [0, 0.1) is 0 Å². The van der Waals surface area contributed by atoms with Crippen LogP contribution in [0.5, 0.6) is 0 Å². The molecule has 0 bridgehead atoms. The molecule has 1 aromatic rings. The number of hydrogen-bond donors (Lipinski definition) is 2. The van der Waals surface area contributed by atoms with Crippen LogP contribution in [-0.4, -0.2) is 24.7 Å². The molecule has 1 aromatic heterocycles. The minimum Gasteiger partial charge on any atom is -0.284 e. The van der Waals surface area contributed by atoms with Gasteiger partial charge in [-0.1, -0.05) is 12.8 Å². The molecule has 5 nitrogen and oxygen atoms in total. The Kier molecular flexibility index (Phi) is 2.56. The first-order valence-corrected chi connectivity index (χ1v) is 6.18. The van der Waals surface area contributed by atoms with Crippen molar-refractivity contribution in [3.63, 3.8) is 0 Å². The van der Waals surface area contributed by atoms with Crippen LogP contribution in [0.3, 0.4) is 0 Å². The van der Waals surface area contributed by atoms with Gasteiger partial charge < -0.3 is 0 Å². The average Bonchev–Trinajstić information content (AvgIpc) is 2.71. The third kappa shape index (κ3) is 1.96. The molecule has 0 aliphatic heterocycles. The van der Waals surface area contributed by atoms with E-state index >= 15 is 0 Å². The first-order chi connectivity index (χ1) is 6.68. The number of nitrogens with one attached hydrogen (secondary N) is 2. The maximum Gasteiger partial charge on any atom is 0.243 e. The van der Waals surface area contributed by atoms with Crippen LogP contribution < -0.4 is 4.72 Å². The van der Waals surface area contributed by atoms with Gasteiger partial charge in [-0.05, 0) is 12.8 Å². The van der Waals surface area contributed by atoms with Crippen molar-refractivity contribution < 1.29 is 8.42 Å². The first-order valence-electron chi connectivity index (χ1n) is 4.69. The molecule has 6 heteroatoms. The number of sulfonamides is 1. The maximum absolute atomic E-state index is 11.7. The highest BCUT2D eigenvalue weighted by molar-refractivity contribution is 7.89. The Morgan fingerprint density at radius 2 is 2.14 bits per heavy atom. The fourth-order valence-electron chi connectivity index (χ4n) is 1.72. The Morgan fingerprint density at radius 1 is 1.43 bits per heavy atom. The van der Waals surface area contributed by atoms with Gasteiger partial charge in [0.15, 0.2) is 0 Å². The van der Waals surface area contributed by atoms with E-state index in [0.29, 0.717) is 0 Å². The van der Waals surface area contributed by atoms with E-state index in [-0.39, 0.29) is 10.9 Å². The summed E-state index contributed by atoms with van der Waals surface area (Å²) in [6, 6.07) is 0.106. The van der Waals surface area contributed by atoms with E-state index in [2.05, 4.69) is 14.9 Å². The second-order valence-electron chi connectivity index (χ2n) is 3.54. The molecule has 1 saturated carbocycles. The molecule has 0 saturated heterocycles. The SMILES string of the molecule is O=S(=O)(NC1CCCC1)c1cn[nH]c1. The van der Waals surface area contributed by atoms with Gasteiger partial charge in [-0.2, -0.15) is 5.10 Å². The lowest BCUT2D eigenvalue weighted by molar-refractivity contribution is 0.552. The van der Waals surface area contributed by atoms with E-state index in [9.17, 15) is 8.42 Å². The van der Waals surface area contributed by atoms with Crippen LogP contribution in [0.15, 0.2) is 17.3 Å². The Hall–Kier alpha value is -0.880. The van der Waals surface area contributed by atoms with Crippen molar-refractivity contribution >= 4 is 10.0 Å². The topological polar surface area (TPSA) is 74.8 Å². The van der Waals surface area contributed by atoms with Crippen LogP contribution in [0.25, 0.3) is 0 Å². The van der Waals surface area contributed by atoms with Gasteiger partial charge in [0, 0.05) is 12.2 Å². The predicted molar refractivity (Wildman–Crippen MR) is 51.2 cm³/mol. The zero-order valence-electron chi connectivity index (χ0n) is 7.73. The summed E-state index contributed by atoms with van der Waals surface area (Å²) in [7, 11) is -3.34. The fraction of sp³-hybridized carbons (Fsp3) is 0.625. The van der Waals surface area contributed by atoms with Gasteiger partial charge in [-0.3, -0.25) is 5.10 Å². The zero-order valence-corrected chi connectivity index (χ0v) is 8.55. The molecule has 2 N–H and O–H groups in total. The van der Waals surface area contributed by atoms with E-state index in [4.69, 9.17) is 0 Å². The van der Waals surface area contributed by atoms with E-state index in [1.807, 2.05) is 0 Å². The second kappa shape index (κ2) is 3.70. The Bertz CT molecular complexity index is 379. The van der Waals surface area contributed by atoms with Gasteiger partial charge >= 0.3 is 0 Å². The zero-order chi connectivity index (χ0) is 10.0. The van der Waals surface area contributed by atoms with Gasteiger partial charge in [0.25, 0.3) is 0 Å². The van der Waals surface area contributed by atoms with Crippen molar-refractivity contribution in [2.45, 2.75) is 36.6 Å². The molecule has 0 atom stereocenters. The quantitative estimate of drug-likeness (QED) is 0.776. The molecule has 0 unspecified atom stereocenters. The summed E-state index contributed by atoms with van der Waals surface area (Å²) in [4.78, 5) is 0.212. The van der Waals surface area contributed by atoms with E-state index < -0.39 is 10.0 Å². The highest BCUT2D eigenvalue weighted by Gasteiger charge is 2.23. The van der Waals surface area contributed by atoms with Crippen LogP contribution in [0.1, 0.15) is 25.7 Å². The predicted octanol–water partition coefficient (Wildman–Crippen LogP) is 0.631. The first kappa shape index (κ1) is 9.67. The normalized spacial score (nSPS) is 18.9. The van der Waals surface area contributed by atoms with Crippen LogP contribution in [-0.2, 0) is 10.0 Å². The fourth-order valence-corrected chi connectivity index (χ4v) is 2.93. The third-order valence-corrected chi connectivity index (χ3v) is 3.95. The lowest BCUT2D eigenvalue weighted by Gasteiger charge is -2.10. The molecule has 0 radical (unpaired) electrons. The summed E-state index contributed by atoms with van der Waals surface area (Å²) < 4.78 is 26.0. The molecule has 0 amide bonds. The van der Waals surface area contributed by atoms with Crippen molar-refractivity contribution in [2.75, 3.05) is 0 Å². The number of aromatic amines is 1. The number of nitrogens with zero attached hydrogens (tertiary/aromatic N) is 1. The van der Waals surface area contributed by atoms with Gasteiger partial charge in [0.05, 0.1) is 6.20 Å². The minimum atomic E-state index is -3.34. The smallest absolute Gasteiger partial charge is 0.243 e. The van der Waals surface area contributed by atoms with Gasteiger partial charge in [0.2, 0.25) is 10.0 Å². The maximum atomic E-state index is 11.7. The second-order valence-corrected chi connectivity index (χ2v) is 5.25. The molecule has 0 spiro atoms. The monoisotopic (exact) mass is 215 g/mol. The molecule has 0 aromatic carbocycles. The van der Waals surface area contributed by atoms with Crippen LogP contribution in [0.2, 0.25) is 0 Å². The highest BCUT2D eigenvalue weighted by atomic mass is 32.2. The molecule has 2 rings (SSSR count). The molecule has 1 aliphatic carbocycles. The average molecular weight is 215 g/mol. The summed E-state index contributed by atoms with van der Waals surface area (Å²) in [5.74, 6) is 0. The van der Waals surface area contributed by atoms with Crippen molar-refractivity contribution in [3.8, 4) is 0 Å². The lowest BCUT2D eigenvalue weighted by atomic mass is 10.3. The van der Waals surface area contributed by atoms with Crippen molar-refractivity contribution in [1.82, 2.24) is 14.9 Å². The summed E-state index contributed by atoms with van der Waals surface area (Å²) in [6.45, 7) is 0. The van der Waals surface area contributed by atoms with Crippen molar-refractivity contribution in [3.05, 3.63) is 12.4 Å². The summed E-state index contributed by atoms with van der Waals surface area (Å²) >= 11 is 0. The molecular formula is C8H13N3O2S. The molecular weight excluding hydrogens is 202 g/mol. The molecule has 1 heterocycles. The van der Waals surface area contributed by atoms with Gasteiger partial charge in [0.1, 0.15) is 4.90 Å². The Morgan fingerprint density at radius 3 is 2.71 bits per heavy atom. The van der Waals surface area contributed by atoms with E-state index in [0.717, 1.165) is 25.7 Å². The Balaban J connectivity index is 2.09. The largest absolute Gasteiger partial charge is 0.284 e. The molecule has 1 fully saturated rings. The number of rotatable bonds is 3. The lowest BCUT2D eigenvalue weighted by Crippen LogP contribution is -2.32. The molecule has 78 valence electrons. The van der Waals surface area contributed by atoms with Gasteiger partial charge in [-0.25, -0.2) is 13.1 Å². The molecule has 14 heavy (non-hydrogen) atoms. The van der Waals surface area contributed by atoms with E-state index in [1.54, 1.807) is 0 Å². The number of aromatic nitrogens is 2. The van der Waals surface area contributed by atoms with Gasteiger partial charge in [-0.15, -0.1) is 0 Å². The number of hydrogen-bond acceptors (Lipinski definition) is 3. The summed E-state index contributed by atoms with van der Waals surface area (Å²) in [6.07, 6.45) is 6.81. The third-order valence-electron chi connectivity index (χ3n) is 2.46. The van der Waals surface area contributed by atoms with Crippen molar-refractivity contribution in [1.29, 1.82) is 0 Å². The molecule has 1 aliphatic rings. The summed E-state index contributed by atoms with van der Waals surface area (Å²) in [5.41, 5.74) is 0. The van der Waals surface area contributed by atoms with Crippen LogP contribution >= 0.6 is 0 Å². The standard InChI is InChI=1S/C8H13N3O2S/c12-14(13,8-5-9-10-6-8)11-7-3-1-2-4-7/h5-7,11H,1-4H2,(H,9,10).